The maximum Gasteiger partial charge on any atom is 0.255 e. The normalized spacial score (nSPS) is 12.3. The van der Waals surface area contributed by atoms with Gasteiger partial charge in [0.05, 0.1) is 17.4 Å². The van der Waals surface area contributed by atoms with Crippen molar-refractivity contribution in [1.82, 2.24) is 15.1 Å². The predicted octanol–water partition coefficient (Wildman–Crippen LogP) is 2.81. The Kier molecular flexibility index (Phi) is 5.11. The molecular weight excluding hydrogens is 325 g/mol. The minimum absolute atomic E-state index is 0.0496. The van der Waals surface area contributed by atoms with Gasteiger partial charge in [-0.25, -0.2) is 0 Å². The molecule has 0 saturated carbocycles. The Balaban J connectivity index is 2.07. The Morgan fingerprint density at radius 3 is 2.64 bits per heavy atom. The standard InChI is InChI=1S/C15H17Cl2N3O2/c1-8-14(9(2)20(3)19-8)15(22)18-7-13(21)11-5-4-10(16)6-12(11)17/h4-6,13,21H,7H2,1-3H3,(H,18,22). The van der Waals surface area contributed by atoms with Gasteiger partial charge in [0.1, 0.15) is 0 Å². The molecule has 1 heterocycles. The number of hydrogen-bond donors (Lipinski definition) is 2. The first-order chi connectivity index (χ1) is 10.3. The lowest BCUT2D eigenvalue weighted by atomic mass is 10.1. The monoisotopic (exact) mass is 341 g/mol. The molecule has 1 aromatic heterocycles. The summed E-state index contributed by atoms with van der Waals surface area (Å²) in [7, 11) is 1.78. The molecule has 1 aromatic carbocycles. The van der Waals surface area contributed by atoms with Crippen LogP contribution in [0.4, 0.5) is 0 Å². The maximum absolute atomic E-state index is 12.2. The van der Waals surface area contributed by atoms with E-state index in [-0.39, 0.29) is 12.5 Å². The van der Waals surface area contributed by atoms with Gasteiger partial charge in [0.25, 0.3) is 5.91 Å². The Hall–Kier alpha value is -1.56. The van der Waals surface area contributed by atoms with Crippen LogP contribution in [0.1, 0.15) is 33.4 Å². The minimum Gasteiger partial charge on any atom is -0.387 e. The van der Waals surface area contributed by atoms with Crippen LogP contribution in [0.2, 0.25) is 10.0 Å². The summed E-state index contributed by atoms with van der Waals surface area (Å²) in [6, 6.07) is 4.84. The first-order valence-electron chi connectivity index (χ1n) is 6.72. The number of rotatable bonds is 4. The highest BCUT2D eigenvalue weighted by atomic mass is 35.5. The van der Waals surface area contributed by atoms with E-state index in [2.05, 4.69) is 10.4 Å². The van der Waals surface area contributed by atoms with Crippen molar-refractivity contribution in [3.05, 3.63) is 50.8 Å². The van der Waals surface area contributed by atoms with E-state index in [9.17, 15) is 9.90 Å². The van der Waals surface area contributed by atoms with E-state index in [1.54, 1.807) is 36.9 Å². The molecular formula is C15H17Cl2N3O2. The molecule has 0 bridgehead atoms. The van der Waals surface area contributed by atoms with E-state index in [1.165, 1.54) is 0 Å². The molecule has 2 N–H and O–H groups in total. The molecule has 0 aliphatic carbocycles. The molecule has 7 heteroatoms. The van der Waals surface area contributed by atoms with E-state index in [1.807, 2.05) is 6.92 Å². The number of aryl methyl sites for hydroxylation is 2. The van der Waals surface area contributed by atoms with Crippen molar-refractivity contribution in [2.24, 2.45) is 7.05 Å². The van der Waals surface area contributed by atoms with Crippen LogP contribution in [-0.4, -0.2) is 27.3 Å². The quantitative estimate of drug-likeness (QED) is 0.898. The van der Waals surface area contributed by atoms with Gasteiger partial charge in [-0.2, -0.15) is 5.10 Å². The van der Waals surface area contributed by atoms with Crippen LogP contribution in [0.3, 0.4) is 0 Å². The molecule has 0 saturated heterocycles. The summed E-state index contributed by atoms with van der Waals surface area (Å²) in [6.07, 6.45) is -0.911. The zero-order valence-corrected chi connectivity index (χ0v) is 14.0. The molecule has 0 fully saturated rings. The molecule has 0 aliphatic heterocycles. The number of carbonyl (C=O) groups excluding carboxylic acids is 1. The smallest absolute Gasteiger partial charge is 0.255 e. The van der Waals surface area contributed by atoms with Crippen LogP contribution in [0.25, 0.3) is 0 Å². The van der Waals surface area contributed by atoms with E-state index in [0.29, 0.717) is 26.9 Å². The first kappa shape index (κ1) is 16.8. The van der Waals surface area contributed by atoms with Crippen molar-refractivity contribution in [2.45, 2.75) is 20.0 Å². The molecule has 1 unspecified atom stereocenters. The fourth-order valence-corrected chi connectivity index (χ4v) is 2.80. The third-order valence-electron chi connectivity index (χ3n) is 3.51. The lowest BCUT2D eigenvalue weighted by Crippen LogP contribution is -2.29. The molecule has 5 nitrogen and oxygen atoms in total. The summed E-state index contributed by atoms with van der Waals surface area (Å²) < 4.78 is 1.65. The largest absolute Gasteiger partial charge is 0.387 e. The van der Waals surface area contributed by atoms with Crippen LogP contribution in [-0.2, 0) is 7.05 Å². The number of aliphatic hydroxyl groups is 1. The fraction of sp³-hybridized carbons (Fsp3) is 0.333. The molecule has 1 atom stereocenters. The third kappa shape index (κ3) is 3.43. The second kappa shape index (κ2) is 6.69. The predicted molar refractivity (Wildman–Crippen MR) is 86.4 cm³/mol. The lowest BCUT2D eigenvalue weighted by molar-refractivity contribution is 0.0915. The van der Waals surface area contributed by atoms with E-state index in [0.717, 1.165) is 5.69 Å². The number of amides is 1. The van der Waals surface area contributed by atoms with Gasteiger partial charge in [-0.15, -0.1) is 0 Å². The zero-order chi connectivity index (χ0) is 16.4. The van der Waals surface area contributed by atoms with Gasteiger partial charge in [-0.1, -0.05) is 29.3 Å². The second-order valence-electron chi connectivity index (χ2n) is 5.06. The van der Waals surface area contributed by atoms with Gasteiger partial charge in [-0.05, 0) is 26.0 Å². The molecule has 22 heavy (non-hydrogen) atoms. The summed E-state index contributed by atoms with van der Waals surface area (Å²) in [5.41, 5.74) is 2.47. The van der Waals surface area contributed by atoms with Crippen LogP contribution in [0, 0.1) is 13.8 Å². The van der Waals surface area contributed by atoms with Crippen molar-refractivity contribution < 1.29 is 9.90 Å². The van der Waals surface area contributed by atoms with Crippen molar-refractivity contribution in [1.29, 1.82) is 0 Å². The molecule has 0 radical (unpaired) electrons. The van der Waals surface area contributed by atoms with Gasteiger partial charge >= 0.3 is 0 Å². The third-order valence-corrected chi connectivity index (χ3v) is 4.08. The molecule has 0 aliphatic rings. The Morgan fingerprint density at radius 2 is 2.09 bits per heavy atom. The topological polar surface area (TPSA) is 67.2 Å². The highest BCUT2D eigenvalue weighted by molar-refractivity contribution is 6.35. The Morgan fingerprint density at radius 1 is 1.41 bits per heavy atom. The number of nitrogens with one attached hydrogen (secondary N) is 1. The minimum atomic E-state index is -0.911. The number of hydrogen-bond acceptors (Lipinski definition) is 3. The highest BCUT2D eigenvalue weighted by Crippen LogP contribution is 2.26. The van der Waals surface area contributed by atoms with Crippen molar-refractivity contribution in [3.8, 4) is 0 Å². The fourth-order valence-electron chi connectivity index (χ4n) is 2.26. The maximum atomic E-state index is 12.2. The van der Waals surface area contributed by atoms with E-state index >= 15 is 0 Å². The van der Waals surface area contributed by atoms with Crippen LogP contribution < -0.4 is 5.32 Å². The highest BCUT2D eigenvalue weighted by Gasteiger charge is 2.19. The van der Waals surface area contributed by atoms with E-state index < -0.39 is 6.10 Å². The summed E-state index contributed by atoms with van der Waals surface area (Å²) >= 11 is 11.9. The molecule has 2 aromatic rings. The zero-order valence-electron chi connectivity index (χ0n) is 12.5. The van der Waals surface area contributed by atoms with Gasteiger partial charge < -0.3 is 10.4 Å². The second-order valence-corrected chi connectivity index (χ2v) is 5.90. The van der Waals surface area contributed by atoms with Crippen molar-refractivity contribution >= 4 is 29.1 Å². The van der Waals surface area contributed by atoms with Gasteiger partial charge in [0.2, 0.25) is 0 Å². The summed E-state index contributed by atoms with van der Waals surface area (Å²) in [6.45, 7) is 3.64. The van der Waals surface area contributed by atoms with Crippen LogP contribution in [0.15, 0.2) is 18.2 Å². The number of aromatic nitrogens is 2. The van der Waals surface area contributed by atoms with Gasteiger partial charge in [0, 0.05) is 34.9 Å². The van der Waals surface area contributed by atoms with Crippen LogP contribution in [0.5, 0.6) is 0 Å². The van der Waals surface area contributed by atoms with Gasteiger partial charge in [0.15, 0.2) is 0 Å². The SMILES string of the molecule is Cc1nn(C)c(C)c1C(=O)NCC(O)c1ccc(Cl)cc1Cl. The summed E-state index contributed by atoms with van der Waals surface area (Å²) in [5, 5.41) is 17.9. The average Bonchev–Trinajstić information content (AvgIpc) is 2.69. The number of benzene rings is 1. The van der Waals surface area contributed by atoms with E-state index in [4.69, 9.17) is 23.2 Å². The number of carbonyl (C=O) groups is 1. The van der Waals surface area contributed by atoms with Crippen LogP contribution >= 0.6 is 23.2 Å². The summed E-state index contributed by atoms with van der Waals surface area (Å²) in [4.78, 5) is 12.2. The molecule has 0 spiro atoms. The molecule has 118 valence electrons. The molecule has 2 rings (SSSR count). The molecule has 1 amide bonds. The average molecular weight is 342 g/mol. The Labute approximate surface area is 138 Å². The first-order valence-corrected chi connectivity index (χ1v) is 7.48. The number of halogens is 2. The number of aliphatic hydroxyl groups excluding tert-OH is 1. The Bertz CT molecular complexity index is 713. The van der Waals surface area contributed by atoms with Crippen molar-refractivity contribution in [2.75, 3.05) is 6.54 Å². The van der Waals surface area contributed by atoms with Crippen molar-refractivity contribution in [3.63, 3.8) is 0 Å². The number of nitrogens with zero attached hydrogens (tertiary/aromatic N) is 2. The van der Waals surface area contributed by atoms with Gasteiger partial charge in [-0.3, -0.25) is 9.48 Å². The lowest BCUT2D eigenvalue weighted by Gasteiger charge is -2.14. The summed E-state index contributed by atoms with van der Waals surface area (Å²) in [5.74, 6) is -0.271.